The molecule has 1 N–H and O–H groups in total. The van der Waals surface area contributed by atoms with E-state index in [1.165, 1.54) is 19.3 Å². The monoisotopic (exact) mass is 609 g/mol. The fourth-order valence-electron chi connectivity index (χ4n) is 6.76. The van der Waals surface area contributed by atoms with Gasteiger partial charge in [-0.25, -0.2) is 14.8 Å². The molecular weight excluding hydrogens is 570 g/mol. The Bertz CT molecular complexity index is 2050. The first-order valence-electron chi connectivity index (χ1n) is 16.0. The lowest BCUT2D eigenvalue weighted by Crippen LogP contribution is -2.14. The number of rotatable bonds is 7. The Morgan fingerprint density at radius 2 is 1.33 bits per heavy atom. The fourth-order valence-corrected chi connectivity index (χ4v) is 6.76. The van der Waals surface area contributed by atoms with Crippen molar-refractivity contribution in [1.29, 1.82) is 0 Å². The Labute approximate surface area is 269 Å². The summed E-state index contributed by atoms with van der Waals surface area (Å²) >= 11 is 0. The number of hydrogen-bond donors (Lipinski definition) is 1. The molecular formula is C39H39N5O2. The van der Waals surface area contributed by atoms with E-state index in [1.807, 2.05) is 20.2 Å². The average Bonchev–Trinajstić information content (AvgIpc) is 3.47. The molecule has 2 aromatic heterocycles. The van der Waals surface area contributed by atoms with Gasteiger partial charge in [0, 0.05) is 67.7 Å². The zero-order valence-electron chi connectivity index (χ0n) is 26.9. The summed E-state index contributed by atoms with van der Waals surface area (Å²) in [5.74, 6) is -0.0580. The number of carbonyl (C=O) groups is 1. The molecule has 6 aromatic rings. The Kier molecular flexibility index (Phi) is 7.69. The number of benzene rings is 4. The molecule has 0 spiro atoms. The molecule has 0 amide bonds. The van der Waals surface area contributed by atoms with Crippen LogP contribution in [0, 0.1) is 0 Å². The van der Waals surface area contributed by atoms with Gasteiger partial charge in [-0.3, -0.25) is 0 Å². The molecule has 0 unspecified atom stereocenters. The van der Waals surface area contributed by atoms with Crippen molar-refractivity contribution in [3.8, 4) is 33.8 Å². The molecule has 0 aliphatic heterocycles. The minimum atomic E-state index is -0.939. The maximum absolute atomic E-state index is 11.8. The maximum Gasteiger partial charge on any atom is 0.335 e. The molecule has 7 heteroatoms. The van der Waals surface area contributed by atoms with Gasteiger partial charge in [-0.1, -0.05) is 43.5 Å². The van der Waals surface area contributed by atoms with Crippen LogP contribution in [0.25, 0.3) is 55.7 Å². The molecule has 1 fully saturated rings. The summed E-state index contributed by atoms with van der Waals surface area (Å²) in [6.07, 6.45) is 5.82. The number of aromatic nitrogens is 3. The second-order valence-electron chi connectivity index (χ2n) is 12.8. The fraction of sp³-hybridized carbons (Fsp3) is 0.256. The second kappa shape index (κ2) is 12.0. The van der Waals surface area contributed by atoms with Gasteiger partial charge in [0.25, 0.3) is 0 Å². The quantitative estimate of drug-likeness (QED) is 0.195. The SMILES string of the molecule is CN(C)c1ccc(-c2cc3cc(-c4nc5cc(C(=O)O)ccc5n4C4CCCCC4)ccc3nc2-c2ccc(N(C)C)cc2)cc1. The number of fused-ring (bicyclic) bond motifs is 2. The molecule has 232 valence electrons. The second-order valence-corrected chi connectivity index (χ2v) is 12.8. The minimum absolute atomic E-state index is 0.256. The topological polar surface area (TPSA) is 74.5 Å². The van der Waals surface area contributed by atoms with Crippen molar-refractivity contribution in [2.75, 3.05) is 38.0 Å². The summed E-state index contributed by atoms with van der Waals surface area (Å²) in [5, 5.41) is 10.7. The highest BCUT2D eigenvalue weighted by Crippen LogP contribution is 2.39. The number of nitrogens with zero attached hydrogens (tertiary/aromatic N) is 5. The maximum atomic E-state index is 11.8. The number of carboxylic acids is 1. The van der Waals surface area contributed by atoms with E-state index in [0.29, 0.717) is 6.04 Å². The molecule has 4 aromatic carbocycles. The van der Waals surface area contributed by atoms with Crippen molar-refractivity contribution in [3.05, 3.63) is 96.6 Å². The van der Waals surface area contributed by atoms with Gasteiger partial charge in [0.2, 0.25) is 0 Å². The first-order chi connectivity index (χ1) is 22.3. The molecule has 7 rings (SSSR count). The number of aromatic carboxylic acids is 1. The van der Waals surface area contributed by atoms with E-state index < -0.39 is 5.97 Å². The summed E-state index contributed by atoms with van der Waals surface area (Å²) in [7, 11) is 8.20. The number of anilines is 2. The minimum Gasteiger partial charge on any atom is -0.478 e. The van der Waals surface area contributed by atoms with Gasteiger partial charge < -0.3 is 19.5 Å². The Balaban J connectivity index is 1.40. The van der Waals surface area contributed by atoms with E-state index in [0.717, 1.165) is 79.9 Å². The molecule has 46 heavy (non-hydrogen) atoms. The summed E-state index contributed by atoms with van der Waals surface area (Å²) < 4.78 is 2.36. The van der Waals surface area contributed by atoms with Crippen molar-refractivity contribution in [3.63, 3.8) is 0 Å². The number of imidazole rings is 1. The van der Waals surface area contributed by atoms with Crippen LogP contribution in [0.4, 0.5) is 11.4 Å². The summed E-state index contributed by atoms with van der Waals surface area (Å²) in [6.45, 7) is 0. The van der Waals surface area contributed by atoms with Crippen LogP contribution in [0.1, 0.15) is 48.5 Å². The highest BCUT2D eigenvalue weighted by Gasteiger charge is 2.23. The van der Waals surface area contributed by atoms with Crippen LogP contribution in [0.2, 0.25) is 0 Å². The smallest absolute Gasteiger partial charge is 0.335 e. The third-order valence-electron chi connectivity index (χ3n) is 9.30. The zero-order valence-corrected chi connectivity index (χ0v) is 26.9. The van der Waals surface area contributed by atoms with E-state index in [-0.39, 0.29) is 5.56 Å². The molecule has 1 aliphatic carbocycles. The van der Waals surface area contributed by atoms with Gasteiger partial charge in [-0.05, 0) is 85.1 Å². The van der Waals surface area contributed by atoms with Crippen molar-refractivity contribution in [1.82, 2.24) is 14.5 Å². The Morgan fingerprint density at radius 3 is 1.96 bits per heavy atom. The summed E-state index contributed by atoms with van der Waals surface area (Å²) in [6, 6.07) is 31.5. The molecule has 0 atom stereocenters. The van der Waals surface area contributed by atoms with E-state index in [1.54, 1.807) is 12.1 Å². The lowest BCUT2D eigenvalue weighted by atomic mass is 9.94. The molecule has 0 radical (unpaired) electrons. The van der Waals surface area contributed by atoms with Crippen LogP contribution in [0.3, 0.4) is 0 Å². The van der Waals surface area contributed by atoms with Crippen LogP contribution in [-0.4, -0.2) is 53.8 Å². The van der Waals surface area contributed by atoms with Gasteiger partial charge in [0.05, 0.1) is 27.8 Å². The van der Waals surface area contributed by atoms with Crippen molar-refractivity contribution in [2.45, 2.75) is 38.1 Å². The van der Waals surface area contributed by atoms with Gasteiger partial charge in [-0.2, -0.15) is 0 Å². The Hall–Kier alpha value is -5.17. The first kappa shape index (κ1) is 29.5. The molecule has 1 saturated carbocycles. The first-order valence-corrected chi connectivity index (χ1v) is 16.0. The molecule has 1 aliphatic rings. The predicted octanol–water partition coefficient (Wildman–Crippen LogP) is 8.92. The van der Waals surface area contributed by atoms with E-state index in [4.69, 9.17) is 9.97 Å². The van der Waals surface area contributed by atoms with Crippen LogP contribution >= 0.6 is 0 Å². The number of carboxylic acid groups (broad SMARTS) is 1. The van der Waals surface area contributed by atoms with E-state index >= 15 is 0 Å². The summed E-state index contributed by atoms with van der Waals surface area (Å²) in [4.78, 5) is 26.3. The van der Waals surface area contributed by atoms with Gasteiger partial charge in [0.15, 0.2) is 0 Å². The molecule has 7 nitrogen and oxygen atoms in total. The third-order valence-corrected chi connectivity index (χ3v) is 9.30. The van der Waals surface area contributed by atoms with Crippen LogP contribution in [0.5, 0.6) is 0 Å². The lowest BCUT2D eigenvalue weighted by molar-refractivity contribution is 0.0697. The van der Waals surface area contributed by atoms with Crippen LogP contribution in [-0.2, 0) is 0 Å². The normalized spacial score (nSPS) is 13.7. The van der Waals surface area contributed by atoms with Gasteiger partial charge in [-0.15, -0.1) is 0 Å². The molecule has 0 bridgehead atoms. The lowest BCUT2D eigenvalue weighted by Gasteiger charge is -2.25. The largest absolute Gasteiger partial charge is 0.478 e. The van der Waals surface area contributed by atoms with Crippen molar-refractivity contribution in [2.24, 2.45) is 0 Å². The Morgan fingerprint density at radius 1 is 0.696 bits per heavy atom. The van der Waals surface area contributed by atoms with E-state index in [2.05, 4.69) is 101 Å². The highest BCUT2D eigenvalue weighted by atomic mass is 16.4. The summed E-state index contributed by atoms with van der Waals surface area (Å²) in [5.41, 5.74) is 10.4. The number of pyridine rings is 1. The van der Waals surface area contributed by atoms with Gasteiger partial charge in [0.1, 0.15) is 5.82 Å². The van der Waals surface area contributed by atoms with Crippen molar-refractivity contribution >= 4 is 39.3 Å². The van der Waals surface area contributed by atoms with E-state index in [9.17, 15) is 9.90 Å². The average molecular weight is 610 g/mol. The highest BCUT2D eigenvalue weighted by molar-refractivity contribution is 5.96. The van der Waals surface area contributed by atoms with Crippen LogP contribution in [0.15, 0.2) is 91.0 Å². The predicted molar refractivity (Wildman–Crippen MR) is 189 cm³/mol. The molecule has 0 saturated heterocycles. The van der Waals surface area contributed by atoms with Crippen molar-refractivity contribution < 1.29 is 9.90 Å². The van der Waals surface area contributed by atoms with Crippen LogP contribution < -0.4 is 9.80 Å². The molecule has 2 heterocycles. The zero-order chi connectivity index (χ0) is 31.9. The number of hydrogen-bond acceptors (Lipinski definition) is 5. The van der Waals surface area contributed by atoms with Gasteiger partial charge >= 0.3 is 5.97 Å². The standard InChI is InChI=1S/C39H39N5O2/c1-42(2)30-16-10-25(11-17-30)33-23-29-22-27(14-20-34(29)40-37(33)26-12-18-31(19-13-26)43(3)4)38-41-35-24-28(39(45)46)15-21-36(35)44(38)32-8-6-5-7-9-32/h10-24,32H,5-9H2,1-4H3,(H,45,46). The third kappa shape index (κ3) is 5.47.